The highest BCUT2D eigenvalue weighted by Gasteiger charge is 2.11. The van der Waals surface area contributed by atoms with E-state index in [1.165, 1.54) is 18.4 Å². The highest BCUT2D eigenvalue weighted by Crippen LogP contribution is 2.28. The zero-order valence-corrected chi connectivity index (χ0v) is 12.5. The lowest BCUT2D eigenvalue weighted by molar-refractivity contribution is 0.0954. The highest BCUT2D eigenvalue weighted by atomic mass is 32.1. The number of nitrogens with one attached hydrogen (secondary N) is 1. The first-order chi connectivity index (χ1) is 10.2. The van der Waals surface area contributed by atoms with E-state index in [2.05, 4.69) is 10.3 Å². The van der Waals surface area contributed by atoms with Crippen molar-refractivity contribution in [1.29, 1.82) is 0 Å². The van der Waals surface area contributed by atoms with Crippen LogP contribution in [0.25, 0.3) is 0 Å². The Morgan fingerprint density at radius 1 is 1.43 bits per heavy atom. The van der Waals surface area contributed by atoms with Crippen LogP contribution in [0.15, 0.2) is 29.1 Å². The van der Waals surface area contributed by atoms with E-state index in [0.717, 1.165) is 5.69 Å². The Balaban J connectivity index is 2.07. The van der Waals surface area contributed by atoms with E-state index < -0.39 is 0 Å². The van der Waals surface area contributed by atoms with E-state index >= 15 is 0 Å². The number of amides is 1. The molecule has 0 aliphatic rings. The topological polar surface area (TPSA) is 86.5 Å². The summed E-state index contributed by atoms with van der Waals surface area (Å²) in [6, 6.07) is 5.04. The molecule has 0 bridgehead atoms. The van der Waals surface area contributed by atoms with Gasteiger partial charge in [-0.15, -0.1) is 11.3 Å². The molecule has 1 amide bonds. The minimum atomic E-state index is -0.190. The monoisotopic (exact) mass is 307 g/mol. The molecule has 0 atom stereocenters. The van der Waals surface area contributed by atoms with E-state index in [4.69, 9.17) is 15.2 Å². The molecule has 2 aromatic rings. The third-order valence-corrected chi connectivity index (χ3v) is 3.35. The molecule has 0 spiro atoms. The summed E-state index contributed by atoms with van der Waals surface area (Å²) in [5.41, 5.74) is 8.46. The Morgan fingerprint density at radius 3 is 2.95 bits per heavy atom. The van der Waals surface area contributed by atoms with Gasteiger partial charge < -0.3 is 20.5 Å². The van der Waals surface area contributed by atoms with E-state index in [-0.39, 0.29) is 5.91 Å². The number of nitrogens with two attached hydrogens (primary N) is 1. The molecular formula is C14H17N3O3S. The van der Waals surface area contributed by atoms with Gasteiger partial charge in [0.1, 0.15) is 6.61 Å². The van der Waals surface area contributed by atoms with Gasteiger partial charge in [-0.1, -0.05) is 0 Å². The Labute approximate surface area is 126 Å². The molecule has 0 radical (unpaired) electrons. The lowest BCUT2D eigenvalue weighted by Crippen LogP contribution is -2.28. The number of rotatable bonds is 7. The van der Waals surface area contributed by atoms with E-state index in [1.54, 1.807) is 23.7 Å². The first-order valence-electron chi connectivity index (χ1n) is 6.40. The standard InChI is InChI=1S/C14H17N3O3S/c1-19-13-6-10(14(18)16-5-4-15)2-3-12(13)20-7-11-8-21-9-17-11/h2-3,6,8-9H,4-5,7,15H2,1H3,(H,16,18). The molecule has 0 saturated carbocycles. The fraction of sp³-hybridized carbons (Fsp3) is 0.286. The van der Waals surface area contributed by atoms with Crippen LogP contribution < -0.4 is 20.5 Å². The molecule has 0 saturated heterocycles. The van der Waals surface area contributed by atoms with Crippen molar-refractivity contribution >= 4 is 17.2 Å². The normalized spacial score (nSPS) is 10.2. The Bertz CT molecular complexity index is 587. The van der Waals surface area contributed by atoms with Crippen LogP contribution in [-0.2, 0) is 6.61 Å². The van der Waals surface area contributed by atoms with Crippen molar-refractivity contribution in [1.82, 2.24) is 10.3 Å². The van der Waals surface area contributed by atoms with Gasteiger partial charge in [0.15, 0.2) is 11.5 Å². The van der Waals surface area contributed by atoms with Crippen LogP contribution >= 0.6 is 11.3 Å². The molecular weight excluding hydrogens is 290 g/mol. The minimum absolute atomic E-state index is 0.190. The first kappa shape index (κ1) is 15.3. The zero-order chi connectivity index (χ0) is 15.1. The lowest BCUT2D eigenvalue weighted by Gasteiger charge is -2.11. The van der Waals surface area contributed by atoms with Gasteiger partial charge >= 0.3 is 0 Å². The second kappa shape index (κ2) is 7.61. The summed E-state index contributed by atoms with van der Waals surface area (Å²) in [5, 5.41) is 4.62. The SMILES string of the molecule is COc1cc(C(=O)NCCN)ccc1OCc1cscn1. The summed E-state index contributed by atoms with van der Waals surface area (Å²) in [6.45, 7) is 1.19. The van der Waals surface area contributed by atoms with Gasteiger partial charge in [0.05, 0.1) is 18.3 Å². The zero-order valence-electron chi connectivity index (χ0n) is 11.7. The van der Waals surface area contributed by atoms with E-state index in [0.29, 0.717) is 36.8 Å². The van der Waals surface area contributed by atoms with Crippen LogP contribution in [0.4, 0.5) is 0 Å². The van der Waals surface area contributed by atoms with Crippen molar-refractivity contribution in [3.8, 4) is 11.5 Å². The predicted octanol–water partition coefficient (Wildman–Crippen LogP) is 1.42. The van der Waals surface area contributed by atoms with Gasteiger partial charge in [-0.25, -0.2) is 4.98 Å². The number of ether oxygens (including phenoxy) is 2. The number of nitrogens with zero attached hydrogens (tertiary/aromatic N) is 1. The number of aromatic nitrogens is 1. The smallest absolute Gasteiger partial charge is 0.251 e. The maximum atomic E-state index is 11.9. The molecule has 1 heterocycles. The van der Waals surface area contributed by atoms with Crippen LogP contribution in [0.3, 0.4) is 0 Å². The third kappa shape index (κ3) is 4.17. The maximum Gasteiger partial charge on any atom is 0.251 e. The average Bonchev–Trinajstić information content (AvgIpc) is 3.03. The Hall–Kier alpha value is -2.12. The van der Waals surface area contributed by atoms with Crippen molar-refractivity contribution in [2.45, 2.75) is 6.61 Å². The van der Waals surface area contributed by atoms with Crippen LogP contribution in [0.5, 0.6) is 11.5 Å². The average molecular weight is 307 g/mol. The van der Waals surface area contributed by atoms with Crippen molar-refractivity contribution in [2.75, 3.05) is 20.2 Å². The van der Waals surface area contributed by atoms with Gasteiger partial charge in [0.25, 0.3) is 5.91 Å². The molecule has 0 aliphatic heterocycles. The molecule has 6 nitrogen and oxygen atoms in total. The molecule has 1 aromatic heterocycles. The van der Waals surface area contributed by atoms with Crippen LogP contribution in [-0.4, -0.2) is 31.1 Å². The second-order valence-corrected chi connectivity index (χ2v) is 4.90. The summed E-state index contributed by atoms with van der Waals surface area (Å²) < 4.78 is 10.9. The summed E-state index contributed by atoms with van der Waals surface area (Å²) in [7, 11) is 1.53. The van der Waals surface area contributed by atoms with Crippen molar-refractivity contribution in [3.05, 3.63) is 40.3 Å². The molecule has 21 heavy (non-hydrogen) atoms. The predicted molar refractivity (Wildman–Crippen MR) is 80.8 cm³/mol. The Morgan fingerprint density at radius 2 is 2.29 bits per heavy atom. The number of hydrogen-bond acceptors (Lipinski definition) is 6. The number of carbonyl (C=O) groups is 1. The third-order valence-electron chi connectivity index (χ3n) is 2.71. The minimum Gasteiger partial charge on any atom is -0.493 e. The first-order valence-corrected chi connectivity index (χ1v) is 7.35. The molecule has 0 aliphatic carbocycles. The molecule has 112 valence electrons. The van der Waals surface area contributed by atoms with Crippen LogP contribution in [0.2, 0.25) is 0 Å². The van der Waals surface area contributed by atoms with Crippen molar-refractivity contribution in [3.63, 3.8) is 0 Å². The van der Waals surface area contributed by atoms with Gasteiger partial charge in [-0.05, 0) is 18.2 Å². The quantitative estimate of drug-likeness (QED) is 0.808. The van der Waals surface area contributed by atoms with Gasteiger partial charge in [-0.2, -0.15) is 0 Å². The second-order valence-electron chi connectivity index (χ2n) is 4.18. The number of hydrogen-bond donors (Lipinski definition) is 2. The van der Waals surface area contributed by atoms with Crippen molar-refractivity contribution in [2.24, 2.45) is 5.73 Å². The van der Waals surface area contributed by atoms with E-state index in [1.807, 2.05) is 5.38 Å². The largest absolute Gasteiger partial charge is 0.493 e. The number of methoxy groups -OCH3 is 1. The summed E-state index contributed by atoms with van der Waals surface area (Å²) in [5.74, 6) is 0.885. The summed E-state index contributed by atoms with van der Waals surface area (Å²) in [4.78, 5) is 16.0. The van der Waals surface area contributed by atoms with Crippen molar-refractivity contribution < 1.29 is 14.3 Å². The molecule has 0 unspecified atom stereocenters. The maximum absolute atomic E-state index is 11.9. The molecule has 2 rings (SSSR count). The lowest BCUT2D eigenvalue weighted by atomic mass is 10.2. The highest BCUT2D eigenvalue weighted by molar-refractivity contribution is 7.07. The van der Waals surface area contributed by atoms with Crippen LogP contribution in [0.1, 0.15) is 16.1 Å². The number of thiazole rings is 1. The fourth-order valence-corrected chi connectivity index (χ4v) is 2.22. The molecule has 1 aromatic carbocycles. The van der Waals surface area contributed by atoms with Crippen LogP contribution in [0, 0.1) is 0 Å². The molecule has 3 N–H and O–H groups in total. The molecule has 7 heteroatoms. The number of carbonyl (C=O) groups excluding carboxylic acids is 1. The van der Waals surface area contributed by atoms with Gasteiger partial charge in [-0.3, -0.25) is 4.79 Å². The van der Waals surface area contributed by atoms with Gasteiger partial charge in [0.2, 0.25) is 0 Å². The Kier molecular flexibility index (Phi) is 5.53. The van der Waals surface area contributed by atoms with Gasteiger partial charge in [0, 0.05) is 24.0 Å². The number of benzene rings is 1. The fourth-order valence-electron chi connectivity index (χ4n) is 1.68. The molecule has 0 fully saturated rings. The summed E-state index contributed by atoms with van der Waals surface area (Å²) >= 11 is 1.51. The summed E-state index contributed by atoms with van der Waals surface area (Å²) in [6.07, 6.45) is 0. The van der Waals surface area contributed by atoms with E-state index in [9.17, 15) is 4.79 Å².